The van der Waals surface area contributed by atoms with Crippen LogP contribution in [0, 0.1) is 5.92 Å². The van der Waals surface area contributed by atoms with E-state index in [4.69, 9.17) is 23.8 Å². The van der Waals surface area contributed by atoms with Gasteiger partial charge in [0.2, 0.25) is 0 Å². The van der Waals surface area contributed by atoms with Crippen molar-refractivity contribution >= 4 is 27.6 Å². The third-order valence-corrected chi connectivity index (χ3v) is 10.8. The van der Waals surface area contributed by atoms with Crippen molar-refractivity contribution < 1.29 is 66.7 Å². The van der Waals surface area contributed by atoms with Crippen molar-refractivity contribution in [2.45, 2.75) is 180 Å². The van der Waals surface area contributed by atoms with E-state index in [1.54, 1.807) is 0 Å². The van der Waals surface area contributed by atoms with Crippen molar-refractivity contribution in [1.82, 2.24) is 0 Å². The van der Waals surface area contributed by atoms with Crippen LogP contribution in [0.2, 0.25) is 0 Å². The van der Waals surface area contributed by atoms with Crippen molar-refractivity contribution in [3.63, 3.8) is 0 Å². The predicted octanol–water partition coefficient (Wildman–Crippen LogP) is 9.89. The van der Waals surface area contributed by atoms with Crippen molar-refractivity contribution in [1.29, 1.82) is 0 Å². The lowest BCUT2D eigenvalue weighted by molar-refractivity contribution is -0.161. The van der Waals surface area contributed by atoms with Gasteiger partial charge in [-0.3, -0.25) is 23.2 Å². The Bertz CT molecular complexity index is 1260. The molecule has 344 valence electrons. The largest absolute Gasteiger partial charge is 0.472 e. The number of carbonyl (C=O) groups excluding carboxylic acids is 2. The van der Waals surface area contributed by atoms with Crippen molar-refractivity contribution in [3.05, 3.63) is 48.6 Å². The monoisotopic (exact) mass is 880 g/mol. The number of ether oxygens (including phenoxy) is 2. The maximum absolute atomic E-state index is 12.7. The molecule has 5 atom stereocenters. The fourth-order valence-electron chi connectivity index (χ4n) is 5.60. The zero-order valence-corrected chi connectivity index (χ0v) is 37.9. The van der Waals surface area contributed by atoms with Gasteiger partial charge in [0.15, 0.2) is 6.10 Å². The minimum Gasteiger partial charge on any atom is -0.462 e. The summed E-state index contributed by atoms with van der Waals surface area (Å²) >= 11 is 0. The van der Waals surface area contributed by atoms with Crippen LogP contribution >= 0.6 is 15.6 Å². The third kappa shape index (κ3) is 41.2. The topological polar surface area (TPSA) is 216 Å². The Kier molecular flexibility index (Phi) is 36.5. The molecule has 0 amide bonds. The molecule has 0 aromatic carbocycles. The summed E-state index contributed by atoms with van der Waals surface area (Å²) < 4.78 is 47.7. The van der Waals surface area contributed by atoms with Crippen molar-refractivity contribution in [3.8, 4) is 0 Å². The number of carbonyl (C=O) groups is 2. The molecule has 0 spiro atoms. The number of unbranched alkanes of at least 4 members (excludes halogenated alkanes) is 12. The molecule has 0 saturated carbocycles. The highest BCUT2D eigenvalue weighted by molar-refractivity contribution is 7.47. The SMILES string of the molecule is CCCCC[C@@H](O)/C=C/C=C\C/C=C\C/C=C\CCCC(=O)OC[C@H](COP(=O)(O)OC[C@@H](O)COP(=O)(O)O)OC(=O)CCCCCCCCCCCCC(C)CC. The molecule has 0 fully saturated rings. The van der Waals surface area contributed by atoms with Gasteiger partial charge >= 0.3 is 27.6 Å². The van der Waals surface area contributed by atoms with E-state index in [1.807, 2.05) is 48.6 Å². The van der Waals surface area contributed by atoms with E-state index in [0.717, 1.165) is 70.1 Å². The molecule has 5 N–H and O–H groups in total. The van der Waals surface area contributed by atoms with Crippen LogP contribution in [0.3, 0.4) is 0 Å². The quantitative estimate of drug-likeness (QED) is 0.0127. The van der Waals surface area contributed by atoms with Crippen molar-refractivity contribution in [2.75, 3.05) is 26.4 Å². The van der Waals surface area contributed by atoms with E-state index in [9.17, 15) is 33.8 Å². The lowest BCUT2D eigenvalue weighted by atomic mass is 9.99. The van der Waals surface area contributed by atoms with E-state index in [1.165, 1.54) is 44.9 Å². The smallest absolute Gasteiger partial charge is 0.462 e. The molecule has 0 saturated heterocycles. The van der Waals surface area contributed by atoms with Crippen LogP contribution in [0.15, 0.2) is 48.6 Å². The number of allylic oxidation sites excluding steroid dienone is 7. The molecular weight excluding hydrogens is 802 g/mol. The molecular formula is C43H78O14P2. The van der Waals surface area contributed by atoms with Gasteiger partial charge in [-0.2, -0.15) is 0 Å². The summed E-state index contributed by atoms with van der Waals surface area (Å²) in [4.78, 5) is 52.6. The zero-order valence-electron chi connectivity index (χ0n) is 36.1. The Morgan fingerprint density at radius 3 is 1.81 bits per heavy atom. The van der Waals surface area contributed by atoms with Gasteiger partial charge in [-0.05, 0) is 44.4 Å². The predicted molar refractivity (Wildman–Crippen MR) is 231 cm³/mol. The number of hydrogen-bond donors (Lipinski definition) is 5. The Labute approximate surface area is 354 Å². The fourth-order valence-corrected chi connectivity index (χ4v) is 6.76. The van der Waals surface area contributed by atoms with Crippen LogP contribution in [0.5, 0.6) is 0 Å². The molecule has 0 bridgehead atoms. The highest BCUT2D eigenvalue weighted by atomic mass is 31.2. The summed E-state index contributed by atoms with van der Waals surface area (Å²) in [6.07, 6.45) is 33.0. The van der Waals surface area contributed by atoms with Crippen LogP contribution in [0.25, 0.3) is 0 Å². The molecule has 59 heavy (non-hydrogen) atoms. The average molecular weight is 881 g/mol. The molecule has 0 aromatic heterocycles. The van der Waals surface area contributed by atoms with Gasteiger partial charge in [-0.1, -0.05) is 159 Å². The molecule has 0 radical (unpaired) electrons. The van der Waals surface area contributed by atoms with Gasteiger partial charge in [-0.25, -0.2) is 9.13 Å². The second-order valence-electron chi connectivity index (χ2n) is 15.1. The van der Waals surface area contributed by atoms with Crippen LogP contribution in [0.1, 0.15) is 162 Å². The molecule has 0 aliphatic rings. The highest BCUT2D eigenvalue weighted by Gasteiger charge is 2.28. The van der Waals surface area contributed by atoms with Crippen LogP contribution in [-0.4, -0.2) is 81.6 Å². The molecule has 16 heteroatoms. The lowest BCUT2D eigenvalue weighted by Gasteiger charge is -2.20. The Hall–Kier alpha value is -1.96. The first-order valence-electron chi connectivity index (χ1n) is 21.8. The van der Waals surface area contributed by atoms with E-state index < -0.39 is 72.3 Å². The molecule has 0 rings (SSSR count). The van der Waals surface area contributed by atoms with Crippen molar-refractivity contribution in [2.24, 2.45) is 5.92 Å². The number of rotatable bonds is 40. The third-order valence-electron chi connectivity index (χ3n) is 9.36. The molecule has 0 aliphatic carbocycles. The molecule has 0 aliphatic heterocycles. The normalized spacial score (nSPS) is 15.6. The first-order chi connectivity index (χ1) is 28.2. The summed E-state index contributed by atoms with van der Waals surface area (Å²) in [5.41, 5.74) is 0. The second kappa shape index (κ2) is 37.8. The van der Waals surface area contributed by atoms with Crippen LogP contribution < -0.4 is 0 Å². The van der Waals surface area contributed by atoms with Crippen LogP contribution in [-0.2, 0) is 41.8 Å². The van der Waals surface area contributed by atoms with Gasteiger partial charge in [-0.15, -0.1) is 0 Å². The molecule has 2 unspecified atom stereocenters. The van der Waals surface area contributed by atoms with E-state index in [-0.39, 0.29) is 12.8 Å². The minimum atomic E-state index is -4.87. The highest BCUT2D eigenvalue weighted by Crippen LogP contribution is 2.43. The fraction of sp³-hybridized carbons (Fsp3) is 0.767. The molecule has 0 aromatic rings. The number of esters is 2. The Morgan fingerprint density at radius 1 is 0.610 bits per heavy atom. The van der Waals surface area contributed by atoms with Gasteiger partial charge < -0.3 is 34.4 Å². The average Bonchev–Trinajstić information content (AvgIpc) is 3.19. The van der Waals surface area contributed by atoms with Gasteiger partial charge in [0.05, 0.1) is 25.9 Å². The van der Waals surface area contributed by atoms with Gasteiger partial charge in [0.25, 0.3) is 0 Å². The molecule has 0 heterocycles. The minimum absolute atomic E-state index is 0.0989. The first-order valence-corrected chi connectivity index (χ1v) is 24.9. The van der Waals surface area contributed by atoms with Gasteiger partial charge in [0, 0.05) is 12.8 Å². The maximum atomic E-state index is 12.7. The van der Waals surface area contributed by atoms with Gasteiger partial charge in [0.1, 0.15) is 12.7 Å². The van der Waals surface area contributed by atoms with E-state index >= 15 is 0 Å². The first kappa shape index (κ1) is 57.0. The number of hydrogen-bond acceptors (Lipinski definition) is 11. The standard InChI is InChI=1S/C43H78O14P2/c1-4-6-24-30-39(44)31-26-21-17-13-8-7-9-14-18-22-27-32-42(46)53-36-41(37-56-59(51,52)55-35-40(45)34-54-58(48,49)50)57-43(47)33-28-23-19-15-11-10-12-16-20-25-29-38(3)5-2/h7-8,14,17-18,21,26,31,38-41,44-45H,4-6,9-13,15-16,19-20,22-25,27-30,32-37H2,1-3H3,(H,51,52)(H2,48,49,50)/b8-7-,18-14-,21-17-,31-26+/t38?,39-,40+,41-/m1/s1. The zero-order chi connectivity index (χ0) is 44.0. The summed E-state index contributed by atoms with van der Waals surface area (Å²) in [5.74, 6) is -0.312. The summed E-state index contributed by atoms with van der Waals surface area (Å²) in [6, 6.07) is 0. The number of phosphoric acid groups is 2. The maximum Gasteiger partial charge on any atom is 0.472 e. The van der Waals surface area contributed by atoms with E-state index in [0.29, 0.717) is 19.3 Å². The summed E-state index contributed by atoms with van der Waals surface area (Å²) in [6.45, 7) is 3.88. The molecule has 14 nitrogen and oxygen atoms in total. The second-order valence-corrected chi connectivity index (χ2v) is 17.8. The summed E-state index contributed by atoms with van der Waals surface area (Å²) in [5, 5.41) is 19.6. The Morgan fingerprint density at radius 2 is 1.17 bits per heavy atom. The number of aliphatic hydroxyl groups excluding tert-OH is 2. The van der Waals surface area contributed by atoms with E-state index in [2.05, 4.69) is 29.8 Å². The number of aliphatic hydroxyl groups is 2. The lowest BCUT2D eigenvalue weighted by Crippen LogP contribution is -2.30. The number of phosphoric ester groups is 2. The summed E-state index contributed by atoms with van der Waals surface area (Å²) in [7, 11) is -9.70. The Balaban J connectivity index is 4.65. The van der Waals surface area contributed by atoms with Crippen LogP contribution in [0.4, 0.5) is 0 Å².